The Morgan fingerprint density at radius 1 is 1.38 bits per heavy atom. The van der Waals surface area contributed by atoms with Gasteiger partial charge in [-0.2, -0.15) is 0 Å². The Hall–Kier alpha value is -0.520. The van der Waals surface area contributed by atoms with Gasteiger partial charge in [-0.3, -0.25) is 9.63 Å². The Morgan fingerprint density at radius 2 is 2.14 bits per heavy atom. The average molecular weight is 354 g/mol. The highest BCUT2D eigenvalue weighted by Crippen LogP contribution is 2.35. The van der Waals surface area contributed by atoms with E-state index in [2.05, 4.69) is 10.8 Å². The maximum Gasteiger partial charge on any atom is 0.216 e. The van der Waals surface area contributed by atoms with Crippen LogP contribution in [0.5, 0.6) is 0 Å². The predicted molar refractivity (Wildman–Crippen MR) is 87.0 cm³/mol. The Bertz CT molecular complexity index is 489. The van der Waals surface area contributed by atoms with Gasteiger partial charge in [0.25, 0.3) is 0 Å². The van der Waals surface area contributed by atoms with E-state index < -0.39 is 5.60 Å². The van der Waals surface area contributed by atoms with Crippen molar-refractivity contribution in [3.63, 3.8) is 0 Å². The van der Waals surface area contributed by atoms with E-state index in [-0.39, 0.29) is 18.3 Å². The van der Waals surface area contributed by atoms with Crippen LogP contribution in [0.1, 0.15) is 31.7 Å². The van der Waals surface area contributed by atoms with Crippen molar-refractivity contribution in [1.82, 2.24) is 10.8 Å². The van der Waals surface area contributed by atoms with Gasteiger partial charge < -0.3 is 5.32 Å². The minimum atomic E-state index is -0.615. The van der Waals surface area contributed by atoms with E-state index in [1.807, 2.05) is 6.07 Å². The van der Waals surface area contributed by atoms with E-state index in [1.165, 1.54) is 6.92 Å². The van der Waals surface area contributed by atoms with Gasteiger partial charge in [-0.05, 0) is 37.0 Å². The molecule has 1 aliphatic rings. The molecule has 2 rings (SSSR count). The topological polar surface area (TPSA) is 50.4 Å². The number of nitrogens with one attached hydrogen (secondary N) is 2. The summed E-state index contributed by atoms with van der Waals surface area (Å²) >= 11 is 12.1. The number of rotatable bonds is 3. The zero-order chi connectivity index (χ0) is 14.6. The summed E-state index contributed by atoms with van der Waals surface area (Å²) < 4.78 is 0. The van der Waals surface area contributed by atoms with Crippen molar-refractivity contribution in [2.24, 2.45) is 0 Å². The molecule has 0 aromatic heterocycles. The molecule has 0 bridgehead atoms. The van der Waals surface area contributed by atoms with Crippen LogP contribution in [0.4, 0.5) is 0 Å². The zero-order valence-corrected chi connectivity index (χ0v) is 14.1. The molecular formula is C14H19Cl3N2O2. The Labute approximate surface area is 140 Å². The van der Waals surface area contributed by atoms with Gasteiger partial charge in [0, 0.05) is 13.5 Å². The Kier molecular flexibility index (Phi) is 7.24. The highest BCUT2D eigenvalue weighted by Gasteiger charge is 2.35. The number of halogens is 3. The van der Waals surface area contributed by atoms with Gasteiger partial charge in [0.1, 0.15) is 5.60 Å². The first kappa shape index (κ1) is 18.5. The molecule has 0 spiro atoms. The molecule has 0 saturated carbocycles. The number of hydroxylamine groups is 1. The molecule has 21 heavy (non-hydrogen) atoms. The second kappa shape index (κ2) is 8.20. The molecule has 1 amide bonds. The van der Waals surface area contributed by atoms with Crippen LogP contribution in [0.15, 0.2) is 18.2 Å². The van der Waals surface area contributed by atoms with Crippen molar-refractivity contribution in [3.05, 3.63) is 33.8 Å². The van der Waals surface area contributed by atoms with Gasteiger partial charge in [0.05, 0.1) is 16.6 Å². The van der Waals surface area contributed by atoms with Crippen molar-refractivity contribution in [2.45, 2.75) is 31.8 Å². The number of hydrogen-bond donors (Lipinski definition) is 2. The Morgan fingerprint density at radius 3 is 2.81 bits per heavy atom. The van der Waals surface area contributed by atoms with Crippen LogP contribution >= 0.6 is 35.6 Å². The van der Waals surface area contributed by atoms with E-state index in [0.717, 1.165) is 31.4 Å². The largest absolute Gasteiger partial charge is 0.353 e. The van der Waals surface area contributed by atoms with Crippen molar-refractivity contribution in [3.8, 4) is 0 Å². The fourth-order valence-electron chi connectivity index (χ4n) is 2.32. The molecule has 1 aliphatic heterocycles. The number of benzene rings is 1. The molecule has 2 N–H and O–H groups in total. The van der Waals surface area contributed by atoms with E-state index >= 15 is 0 Å². The van der Waals surface area contributed by atoms with E-state index in [4.69, 9.17) is 28.0 Å². The molecule has 4 nitrogen and oxygen atoms in total. The lowest BCUT2D eigenvalue weighted by atomic mass is 9.88. The predicted octanol–water partition coefficient (Wildman–Crippen LogP) is 3.45. The van der Waals surface area contributed by atoms with Gasteiger partial charge in [0.2, 0.25) is 5.91 Å². The fraction of sp³-hybridized carbons (Fsp3) is 0.500. The van der Waals surface area contributed by atoms with Crippen LogP contribution in [0, 0.1) is 0 Å². The molecule has 1 atom stereocenters. The summed E-state index contributed by atoms with van der Waals surface area (Å²) in [7, 11) is 0. The van der Waals surface area contributed by atoms with Gasteiger partial charge >= 0.3 is 0 Å². The van der Waals surface area contributed by atoms with Crippen LogP contribution < -0.4 is 10.8 Å². The molecule has 0 radical (unpaired) electrons. The lowest BCUT2D eigenvalue weighted by molar-refractivity contribution is -0.127. The zero-order valence-electron chi connectivity index (χ0n) is 11.7. The lowest BCUT2D eigenvalue weighted by Gasteiger charge is -2.32. The van der Waals surface area contributed by atoms with Crippen molar-refractivity contribution in [1.29, 1.82) is 0 Å². The Balaban J connectivity index is 0.00000220. The summed E-state index contributed by atoms with van der Waals surface area (Å²) in [6.45, 7) is 2.68. The highest BCUT2D eigenvalue weighted by atomic mass is 35.5. The number of carbonyl (C=O) groups excluding carboxylic acids is 1. The summed E-state index contributed by atoms with van der Waals surface area (Å²) in [4.78, 5) is 17.1. The first-order valence-electron chi connectivity index (χ1n) is 6.64. The van der Waals surface area contributed by atoms with Gasteiger partial charge in [-0.15, -0.1) is 12.4 Å². The third kappa shape index (κ3) is 4.73. The maximum atomic E-state index is 11.2. The van der Waals surface area contributed by atoms with Crippen LogP contribution in [0.2, 0.25) is 10.0 Å². The lowest BCUT2D eigenvalue weighted by Crippen LogP contribution is -2.44. The van der Waals surface area contributed by atoms with Gasteiger partial charge in [-0.25, -0.2) is 5.48 Å². The smallest absolute Gasteiger partial charge is 0.216 e. The van der Waals surface area contributed by atoms with Crippen molar-refractivity contribution < 1.29 is 9.63 Å². The second-order valence-corrected chi connectivity index (χ2v) is 5.80. The molecule has 1 aromatic rings. The molecule has 1 heterocycles. The maximum absolute atomic E-state index is 11.2. The number of amides is 1. The minimum absolute atomic E-state index is 0. The summed E-state index contributed by atoms with van der Waals surface area (Å²) in [5.41, 5.74) is 3.26. The summed E-state index contributed by atoms with van der Waals surface area (Å²) in [5.74, 6) is -0.0858. The third-order valence-electron chi connectivity index (χ3n) is 3.45. The molecule has 1 fully saturated rings. The summed E-state index contributed by atoms with van der Waals surface area (Å²) in [5, 5.41) is 3.83. The molecular weight excluding hydrogens is 335 g/mol. The second-order valence-electron chi connectivity index (χ2n) is 4.99. The van der Waals surface area contributed by atoms with Crippen LogP contribution in [-0.4, -0.2) is 19.0 Å². The molecule has 0 aliphatic carbocycles. The monoisotopic (exact) mass is 352 g/mol. The number of carbonyl (C=O) groups is 1. The first-order valence-corrected chi connectivity index (χ1v) is 7.40. The minimum Gasteiger partial charge on any atom is -0.353 e. The van der Waals surface area contributed by atoms with E-state index in [0.29, 0.717) is 16.6 Å². The van der Waals surface area contributed by atoms with E-state index in [1.54, 1.807) is 12.1 Å². The fourth-order valence-corrected chi connectivity index (χ4v) is 2.62. The van der Waals surface area contributed by atoms with Crippen LogP contribution in [0.3, 0.4) is 0 Å². The molecule has 1 unspecified atom stereocenters. The van der Waals surface area contributed by atoms with Crippen molar-refractivity contribution in [2.75, 3.05) is 13.1 Å². The van der Waals surface area contributed by atoms with Crippen LogP contribution in [0.25, 0.3) is 0 Å². The van der Waals surface area contributed by atoms with Gasteiger partial charge in [0.15, 0.2) is 0 Å². The number of hydrogen-bond acceptors (Lipinski definition) is 3. The molecule has 7 heteroatoms. The average Bonchev–Trinajstić information content (AvgIpc) is 2.66. The molecule has 118 valence electrons. The molecule has 1 saturated heterocycles. The van der Waals surface area contributed by atoms with Crippen LogP contribution in [-0.2, 0) is 15.2 Å². The quantitative estimate of drug-likeness (QED) is 0.875. The third-order valence-corrected chi connectivity index (χ3v) is 4.18. The SMILES string of the molecule is CC(=O)NCC1(c2ccc(Cl)c(Cl)c2)CCCCNO1.Cl. The van der Waals surface area contributed by atoms with E-state index in [9.17, 15) is 4.79 Å². The highest BCUT2D eigenvalue weighted by molar-refractivity contribution is 6.42. The molecule has 1 aromatic carbocycles. The normalized spacial score (nSPS) is 22.0. The van der Waals surface area contributed by atoms with Gasteiger partial charge in [-0.1, -0.05) is 29.3 Å². The summed E-state index contributed by atoms with van der Waals surface area (Å²) in [6.07, 6.45) is 2.84. The van der Waals surface area contributed by atoms with Crippen molar-refractivity contribution >= 4 is 41.5 Å². The standard InChI is InChI=1S/C14H18Cl2N2O2.ClH/c1-10(19)17-9-14(6-2-3-7-18-20-14)11-4-5-12(15)13(16)8-11;/h4-5,8,18H,2-3,6-7,9H2,1H3,(H,17,19);1H. The first-order chi connectivity index (χ1) is 9.53. The summed E-state index contributed by atoms with van der Waals surface area (Å²) in [6, 6.07) is 5.45.